The lowest BCUT2D eigenvalue weighted by molar-refractivity contribution is 0.112. The number of carbonyl (C=O) groups excluding carboxylic acids is 1. The Balaban J connectivity index is 2.21. The van der Waals surface area contributed by atoms with E-state index in [0.717, 1.165) is 5.56 Å². The van der Waals surface area contributed by atoms with Crippen molar-refractivity contribution in [2.75, 3.05) is 0 Å². The van der Waals surface area contributed by atoms with Crippen molar-refractivity contribution in [3.8, 4) is 0 Å². The van der Waals surface area contributed by atoms with Crippen LogP contribution in [0.25, 0.3) is 0 Å². The van der Waals surface area contributed by atoms with Gasteiger partial charge in [0.05, 0.1) is 4.90 Å². The third kappa shape index (κ3) is 3.27. The Morgan fingerprint density at radius 1 is 0.947 bits per heavy atom. The van der Waals surface area contributed by atoms with Crippen molar-refractivity contribution in [1.29, 1.82) is 0 Å². The molecular weight excluding hydrogens is 262 g/mol. The molecule has 1 N–H and O–H groups in total. The number of hydrogen-bond donors (Lipinski definition) is 1. The predicted octanol–water partition coefficient (Wildman–Crippen LogP) is 1.98. The molecule has 0 aliphatic carbocycles. The minimum absolute atomic E-state index is 0.000862. The molecule has 0 aliphatic rings. The standard InChI is InChI=1S/C14H13NO3S/c16-11-13-8-4-5-9-14(13)19(17,18)15-10-12-6-2-1-3-7-12/h1-9,11,15H,10H2. The maximum Gasteiger partial charge on any atom is 0.241 e. The van der Waals surface area contributed by atoms with Crippen LogP contribution in [0, 0.1) is 0 Å². The lowest BCUT2D eigenvalue weighted by Crippen LogP contribution is -2.24. The molecule has 0 bridgehead atoms. The summed E-state index contributed by atoms with van der Waals surface area (Å²) in [4.78, 5) is 10.9. The molecule has 0 fully saturated rings. The number of nitrogens with one attached hydrogen (secondary N) is 1. The van der Waals surface area contributed by atoms with E-state index in [1.807, 2.05) is 30.3 Å². The number of hydrogen-bond acceptors (Lipinski definition) is 3. The third-order valence-corrected chi connectivity index (χ3v) is 4.12. The summed E-state index contributed by atoms with van der Waals surface area (Å²) in [5, 5.41) is 0. The second-order valence-electron chi connectivity index (χ2n) is 3.97. The highest BCUT2D eigenvalue weighted by Gasteiger charge is 2.17. The zero-order chi connectivity index (χ0) is 13.7. The van der Waals surface area contributed by atoms with Gasteiger partial charge in [-0.05, 0) is 11.6 Å². The molecule has 0 spiro atoms. The molecule has 0 amide bonds. The molecule has 0 radical (unpaired) electrons. The van der Waals surface area contributed by atoms with Crippen LogP contribution in [-0.2, 0) is 16.6 Å². The lowest BCUT2D eigenvalue weighted by atomic mass is 10.2. The summed E-state index contributed by atoms with van der Waals surface area (Å²) >= 11 is 0. The number of aldehydes is 1. The fourth-order valence-electron chi connectivity index (χ4n) is 1.67. The highest BCUT2D eigenvalue weighted by molar-refractivity contribution is 7.89. The highest BCUT2D eigenvalue weighted by Crippen LogP contribution is 2.13. The van der Waals surface area contributed by atoms with Crippen molar-refractivity contribution < 1.29 is 13.2 Å². The SMILES string of the molecule is O=Cc1ccccc1S(=O)(=O)NCc1ccccc1. The summed E-state index contributed by atoms with van der Waals surface area (Å²) in [7, 11) is -3.68. The maximum atomic E-state index is 12.1. The third-order valence-electron chi connectivity index (χ3n) is 2.64. The number of rotatable bonds is 5. The Hall–Kier alpha value is -1.98. The van der Waals surface area contributed by atoms with Gasteiger partial charge in [0, 0.05) is 12.1 Å². The minimum atomic E-state index is -3.68. The Labute approximate surface area is 112 Å². The van der Waals surface area contributed by atoms with Crippen molar-refractivity contribution in [1.82, 2.24) is 4.72 Å². The highest BCUT2D eigenvalue weighted by atomic mass is 32.2. The Morgan fingerprint density at radius 2 is 1.58 bits per heavy atom. The first kappa shape index (κ1) is 13.5. The first-order valence-corrected chi connectivity index (χ1v) is 7.19. The van der Waals surface area contributed by atoms with Gasteiger partial charge in [0.25, 0.3) is 0 Å². The van der Waals surface area contributed by atoms with Crippen LogP contribution in [0.4, 0.5) is 0 Å². The number of carbonyl (C=O) groups is 1. The van der Waals surface area contributed by atoms with Crippen molar-refractivity contribution in [2.45, 2.75) is 11.4 Å². The predicted molar refractivity (Wildman–Crippen MR) is 72.3 cm³/mol. The molecule has 0 heterocycles. The fourth-order valence-corrected chi connectivity index (χ4v) is 2.87. The van der Waals surface area contributed by atoms with Crippen LogP contribution < -0.4 is 4.72 Å². The largest absolute Gasteiger partial charge is 0.298 e. The van der Waals surface area contributed by atoms with Gasteiger partial charge in [0.2, 0.25) is 10.0 Å². The van der Waals surface area contributed by atoms with Gasteiger partial charge in [-0.25, -0.2) is 13.1 Å². The smallest absolute Gasteiger partial charge is 0.241 e. The zero-order valence-corrected chi connectivity index (χ0v) is 10.9. The van der Waals surface area contributed by atoms with E-state index >= 15 is 0 Å². The van der Waals surface area contributed by atoms with E-state index in [1.54, 1.807) is 12.1 Å². The van der Waals surface area contributed by atoms with Gasteiger partial charge >= 0.3 is 0 Å². The Kier molecular flexibility index (Phi) is 4.09. The van der Waals surface area contributed by atoms with Crippen molar-refractivity contribution in [3.05, 3.63) is 65.7 Å². The Morgan fingerprint density at radius 3 is 2.26 bits per heavy atom. The molecule has 0 saturated carbocycles. The number of sulfonamides is 1. The summed E-state index contributed by atoms with van der Waals surface area (Å²) in [6.45, 7) is 0.191. The maximum absolute atomic E-state index is 12.1. The first-order valence-electron chi connectivity index (χ1n) is 5.71. The molecule has 4 nitrogen and oxygen atoms in total. The average molecular weight is 275 g/mol. The van der Waals surface area contributed by atoms with Gasteiger partial charge < -0.3 is 0 Å². The zero-order valence-electron chi connectivity index (χ0n) is 10.1. The molecule has 5 heteroatoms. The fraction of sp³-hybridized carbons (Fsp3) is 0.0714. The summed E-state index contributed by atoms with van der Waals surface area (Å²) in [6.07, 6.45) is 0.539. The molecule has 19 heavy (non-hydrogen) atoms. The molecule has 0 atom stereocenters. The van der Waals surface area contributed by atoms with Crippen molar-refractivity contribution in [2.24, 2.45) is 0 Å². The molecule has 98 valence electrons. The number of benzene rings is 2. The average Bonchev–Trinajstić information content (AvgIpc) is 2.46. The summed E-state index contributed by atoms with van der Waals surface area (Å²) in [5.74, 6) is 0. The first-order chi connectivity index (χ1) is 9.13. The molecule has 0 saturated heterocycles. The second kappa shape index (κ2) is 5.77. The van der Waals surface area contributed by atoms with Crippen LogP contribution in [0.15, 0.2) is 59.5 Å². The summed E-state index contributed by atoms with van der Waals surface area (Å²) < 4.78 is 26.7. The van der Waals surface area contributed by atoms with Gasteiger partial charge in [-0.3, -0.25) is 4.79 Å². The van der Waals surface area contributed by atoms with E-state index in [-0.39, 0.29) is 17.0 Å². The summed E-state index contributed by atoms with van der Waals surface area (Å²) in [6, 6.07) is 15.3. The monoisotopic (exact) mass is 275 g/mol. The molecule has 2 aromatic carbocycles. The lowest BCUT2D eigenvalue weighted by Gasteiger charge is -2.08. The van der Waals surface area contributed by atoms with E-state index in [4.69, 9.17) is 0 Å². The van der Waals surface area contributed by atoms with Crippen LogP contribution >= 0.6 is 0 Å². The van der Waals surface area contributed by atoms with E-state index < -0.39 is 10.0 Å². The summed E-state index contributed by atoms with van der Waals surface area (Å²) in [5.41, 5.74) is 1.01. The van der Waals surface area contributed by atoms with Gasteiger partial charge in [0.1, 0.15) is 0 Å². The van der Waals surface area contributed by atoms with Crippen molar-refractivity contribution in [3.63, 3.8) is 0 Å². The normalized spacial score (nSPS) is 11.2. The van der Waals surface area contributed by atoms with Crippen molar-refractivity contribution >= 4 is 16.3 Å². The van der Waals surface area contributed by atoms with E-state index in [2.05, 4.69) is 4.72 Å². The van der Waals surface area contributed by atoms with E-state index in [9.17, 15) is 13.2 Å². The molecule has 0 aliphatic heterocycles. The van der Waals surface area contributed by atoms with Gasteiger partial charge in [0.15, 0.2) is 6.29 Å². The molecule has 0 unspecified atom stereocenters. The second-order valence-corrected chi connectivity index (χ2v) is 5.70. The van der Waals surface area contributed by atoms with Crippen LogP contribution in [0.3, 0.4) is 0 Å². The topological polar surface area (TPSA) is 63.2 Å². The van der Waals surface area contributed by atoms with Crippen LogP contribution in [0.5, 0.6) is 0 Å². The van der Waals surface area contributed by atoms with Gasteiger partial charge in [-0.1, -0.05) is 48.5 Å². The molecular formula is C14H13NO3S. The quantitative estimate of drug-likeness (QED) is 0.849. The van der Waals surface area contributed by atoms with Gasteiger partial charge in [-0.2, -0.15) is 0 Å². The van der Waals surface area contributed by atoms with Crippen LogP contribution in [-0.4, -0.2) is 14.7 Å². The van der Waals surface area contributed by atoms with E-state index in [0.29, 0.717) is 6.29 Å². The molecule has 2 aromatic rings. The van der Waals surface area contributed by atoms with Gasteiger partial charge in [-0.15, -0.1) is 0 Å². The van der Waals surface area contributed by atoms with Crippen LogP contribution in [0.1, 0.15) is 15.9 Å². The minimum Gasteiger partial charge on any atom is -0.298 e. The van der Waals surface area contributed by atoms with Crippen LogP contribution in [0.2, 0.25) is 0 Å². The molecule has 0 aromatic heterocycles. The Bertz CT molecular complexity index is 666. The molecule has 2 rings (SSSR count). The van der Waals surface area contributed by atoms with E-state index in [1.165, 1.54) is 12.1 Å².